The topological polar surface area (TPSA) is 82.3 Å². The van der Waals surface area contributed by atoms with Gasteiger partial charge in [0.05, 0.1) is 17.6 Å². The number of fused-ring (bicyclic) bond motifs is 1. The van der Waals surface area contributed by atoms with Gasteiger partial charge < -0.3 is 14.6 Å². The van der Waals surface area contributed by atoms with E-state index < -0.39 is 11.1 Å². The van der Waals surface area contributed by atoms with Gasteiger partial charge in [-0.15, -0.1) is 0 Å². The van der Waals surface area contributed by atoms with Crippen molar-refractivity contribution in [3.63, 3.8) is 0 Å². The second-order valence-electron chi connectivity index (χ2n) is 6.61. The molecule has 7 nitrogen and oxygen atoms in total. The van der Waals surface area contributed by atoms with Crippen LogP contribution in [-0.4, -0.2) is 28.2 Å². The van der Waals surface area contributed by atoms with Crippen molar-refractivity contribution in [3.05, 3.63) is 74.8 Å². The Morgan fingerprint density at radius 3 is 2.17 bits per heavy atom. The lowest BCUT2D eigenvalue weighted by Crippen LogP contribution is -2.43. The summed E-state index contributed by atoms with van der Waals surface area (Å²) in [6.07, 6.45) is 0.658. The number of hydrogen-bond donors (Lipinski definition) is 1. The van der Waals surface area contributed by atoms with Crippen molar-refractivity contribution >= 4 is 16.9 Å². The highest BCUT2D eigenvalue weighted by molar-refractivity contribution is 5.80. The summed E-state index contributed by atoms with van der Waals surface area (Å²) in [7, 11) is 0. The normalized spacial score (nSPS) is 10.8. The fraction of sp³-hybridized carbons (Fsp3) is 0.318. The van der Waals surface area contributed by atoms with E-state index in [-0.39, 0.29) is 12.5 Å². The molecule has 0 spiro atoms. The van der Waals surface area contributed by atoms with Crippen molar-refractivity contribution in [1.29, 1.82) is 0 Å². The number of para-hydroxylation sites is 2. The van der Waals surface area contributed by atoms with Crippen LogP contribution in [0.3, 0.4) is 0 Å². The molecular weight excluding hydrogens is 370 g/mol. The molecule has 1 aromatic heterocycles. The molecule has 0 aliphatic carbocycles. The Morgan fingerprint density at radius 2 is 1.55 bits per heavy atom. The van der Waals surface area contributed by atoms with Gasteiger partial charge in [0.15, 0.2) is 0 Å². The van der Waals surface area contributed by atoms with E-state index >= 15 is 0 Å². The maximum Gasteiger partial charge on any atom is 0.317 e. The van der Waals surface area contributed by atoms with Crippen LogP contribution in [0.15, 0.2) is 58.1 Å². The number of rotatable bonds is 8. The summed E-state index contributed by atoms with van der Waals surface area (Å²) in [4.78, 5) is 37.3. The molecule has 1 N–H and O–H groups in total. The third-order valence-corrected chi connectivity index (χ3v) is 4.72. The first-order valence-corrected chi connectivity index (χ1v) is 9.76. The van der Waals surface area contributed by atoms with Gasteiger partial charge in [-0.3, -0.25) is 19.0 Å². The van der Waals surface area contributed by atoms with Crippen LogP contribution in [-0.2, 0) is 24.3 Å². The van der Waals surface area contributed by atoms with E-state index in [0.29, 0.717) is 37.2 Å². The van der Waals surface area contributed by atoms with Crippen LogP contribution in [0.25, 0.3) is 11.0 Å². The van der Waals surface area contributed by atoms with E-state index in [4.69, 9.17) is 4.74 Å². The molecule has 0 fully saturated rings. The summed E-state index contributed by atoms with van der Waals surface area (Å²) in [5.74, 6) is 0.505. The fourth-order valence-electron chi connectivity index (χ4n) is 3.31. The highest BCUT2D eigenvalue weighted by atomic mass is 16.5. The van der Waals surface area contributed by atoms with Crippen molar-refractivity contribution in [2.75, 3.05) is 13.2 Å². The average Bonchev–Trinajstić information content (AvgIpc) is 2.73. The molecule has 1 amide bonds. The van der Waals surface area contributed by atoms with Crippen LogP contribution in [0.2, 0.25) is 0 Å². The average molecular weight is 395 g/mol. The molecular formula is C22H25N3O4. The van der Waals surface area contributed by atoms with Crippen molar-refractivity contribution in [2.24, 2.45) is 0 Å². The fourth-order valence-corrected chi connectivity index (χ4v) is 3.31. The monoisotopic (exact) mass is 395 g/mol. The summed E-state index contributed by atoms with van der Waals surface area (Å²) >= 11 is 0. The first-order chi connectivity index (χ1) is 14.0. The Morgan fingerprint density at radius 1 is 0.931 bits per heavy atom. The van der Waals surface area contributed by atoms with Gasteiger partial charge in [0.2, 0.25) is 5.91 Å². The van der Waals surface area contributed by atoms with Gasteiger partial charge in [0.25, 0.3) is 0 Å². The number of amides is 1. The molecule has 1 heterocycles. The molecule has 2 aromatic carbocycles. The van der Waals surface area contributed by atoms with Gasteiger partial charge >= 0.3 is 11.1 Å². The van der Waals surface area contributed by atoms with Crippen molar-refractivity contribution in [3.8, 4) is 5.75 Å². The molecule has 0 radical (unpaired) electrons. The largest absolute Gasteiger partial charge is 0.494 e. The highest BCUT2D eigenvalue weighted by Gasteiger charge is 2.14. The zero-order chi connectivity index (χ0) is 20.8. The number of nitrogens with zero attached hydrogens (tertiary/aromatic N) is 2. The minimum absolute atomic E-state index is 0.192. The summed E-state index contributed by atoms with van der Waals surface area (Å²) in [6.45, 7) is 5.00. The highest BCUT2D eigenvalue weighted by Crippen LogP contribution is 2.12. The van der Waals surface area contributed by atoms with E-state index in [1.165, 1.54) is 9.13 Å². The Kier molecular flexibility index (Phi) is 6.49. The smallest absolute Gasteiger partial charge is 0.317 e. The van der Waals surface area contributed by atoms with Gasteiger partial charge in [-0.25, -0.2) is 0 Å². The first-order valence-electron chi connectivity index (χ1n) is 9.76. The minimum atomic E-state index is -0.688. The van der Waals surface area contributed by atoms with Gasteiger partial charge in [-0.05, 0) is 50.1 Å². The molecule has 0 bridgehead atoms. The van der Waals surface area contributed by atoms with E-state index in [0.717, 1.165) is 11.3 Å². The van der Waals surface area contributed by atoms with Crippen molar-refractivity contribution in [1.82, 2.24) is 14.5 Å². The Hall–Kier alpha value is -3.35. The Bertz CT molecular complexity index is 1110. The molecule has 3 aromatic rings. The predicted octanol–water partition coefficient (Wildman–Crippen LogP) is 1.94. The standard InChI is InChI=1S/C22H25N3O4/c1-3-24-18-7-5-6-8-19(18)25(22(28)21(24)27)15-20(26)23-14-13-16-9-11-17(12-10-16)29-4-2/h5-12H,3-4,13-15H2,1-2H3,(H,23,26). The lowest BCUT2D eigenvalue weighted by molar-refractivity contribution is -0.121. The molecule has 0 unspecified atom stereocenters. The second-order valence-corrected chi connectivity index (χ2v) is 6.61. The number of carbonyl (C=O) groups excluding carboxylic acids is 1. The lowest BCUT2D eigenvalue weighted by atomic mass is 10.1. The Balaban J connectivity index is 1.69. The summed E-state index contributed by atoms with van der Waals surface area (Å²) < 4.78 is 8.09. The molecule has 0 atom stereocenters. The lowest BCUT2D eigenvalue weighted by Gasteiger charge is -2.14. The number of ether oxygens (including phenoxy) is 1. The maximum atomic E-state index is 12.5. The van der Waals surface area contributed by atoms with Crippen LogP contribution < -0.4 is 21.2 Å². The van der Waals surface area contributed by atoms with Crippen LogP contribution >= 0.6 is 0 Å². The quantitative estimate of drug-likeness (QED) is 0.591. The molecule has 29 heavy (non-hydrogen) atoms. The molecule has 0 aliphatic heterocycles. The molecule has 152 valence electrons. The van der Waals surface area contributed by atoms with E-state index in [1.807, 2.05) is 38.1 Å². The van der Waals surface area contributed by atoms with Gasteiger partial charge in [-0.1, -0.05) is 24.3 Å². The zero-order valence-electron chi connectivity index (χ0n) is 16.7. The van der Waals surface area contributed by atoms with Crippen molar-refractivity contribution < 1.29 is 9.53 Å². The second kappa shape index (κ2) is 9.23. The van der Waals surface area contributed by atoms with Gasteiger partial charge in [0.1, 0.15) is 12.3 Å². The van der Waals surface area contributed by atoms with Crippen LogP contribution in [0.5, 0.6) is 5.75 Å². The summed E-state index contributed by atoms with van der Waals surface area (Å²) in [5.41, 5.74) is 0.977. The predicted molar refractivity (Wildman–Crippen MR) is 112 cm³/mol. The molecule has 3 rings (SSSR count). The minimum Gasteiger partial charge on any atom is -0.494 e. The number of carbonyl (C=O) groups is 1. The van der Waals surface area contributed by atoms with Gasteiger partial charge in [0, 0.05) is 13.1 Å². The first kappa shape index (κ1) is 20.4. The molecule has 0 saturated heterocycles. The number of hydrogen-bond acceptors (Lipinski definition) is 4. The number of aryl methyl sites for hydroxylation is 1. The van der Waals surface area contributed by atoms with Crippen molar-refractivity contribution in [2.45, 2.75) is 33.4 Å². The van der Waals surface area contributed by atoms with E-state index in [9.17, 15) is 14.4 Å². The van der Waals surface area contributed by atoms with E-state index in [1.54, 1.807) is 24.3 Å². The van der Waals surface area contributed by atoms with Crippen LogP contribution in [0, 0.1) is 0 Å². The summed E-state index contributed by atoms with van der Waals surface area (Å²) in [5, 5.41) is 2.82. The maximum absolute atomic E-state index is 12.5. The number of nitrogens with one attached hydrogen (secondary N) is 1. The molecule has 0 saturated carbocycles. The summed E-state index contributed by atoms with van der Waals surface area (Å²) in [6, 6.07) is 14.8. The molecule has 0 aliphatic rings. The van der Waals surface area contributed by atoms with Crippen LogP contribution in [0.4, 0.5) is 0 Å². The van der Waals surface area contributed by atoms with Crippen LogP contribution in [0.1, 0.15) is 19.4 Å². The Labute approximate surface area is 168 Å². The third-order valence-electron chi connectivity index (χ3n) is 4.72. The zero-order valence-corrected chi connectivity index (χ0v) is 16.7. The number of benzene rings is 2. The van der Waals surface area contributed by atoms with E-state index in [2.05, 4.69) is 5.32 Å². The van der Waals surface area contributed by atoms with Gasteiger partial charge in [-0.2, -0.15) is 0 Å². The third kappa shape index (κ3) is 4.56. The SMILES string of the molecule is CCOc1ccc(CCNC(=O)Cn2c(=O)c(=O)n(CC)c3ccccc32)cc1. The number of aromatic nitrogens is 2. The molecule has 7 heteroatoms.